The lowest BCUT2D eigenvalue weighted by molar-refractivity contribution is -0.139. The van der Waals surface area contributed by atoms with Crippen LogP contribution in [0.4, 0.5) is 23.7 Å². The molecule has 0 radical (unpaired) electrons. The van der Waals surface area contributed by atoms with Gasteiger partial charge in [-0.2, -0.15) is 13.2 Å². The Balaban J connectivity index is 1.58. The molecule has 1 saturated heterocycles. The number of nitrogens with one attached hydrogen (secondary N) is 1. The average molecular weight is 426 g/mol. The summed E-state index contributed by atoms with van der Waals surface area (Å²) in [6.45, 7) is 0.776. The Bertz CT molecular complexity index is 885. The highest BCUT2D eigenvalue weighted by Gasteiger charge is 2.39. The molecule has 2 aromatic rings. The molecule has 1 fully saturated rings. The topological polar surface area (TPSA) is 52.7 Å². The molecular formula is C20H19ClF3N3O2. The maximum absolute atomic E-state index is 12.7. The number of likely N-dealkylation sites (N-methyl/N-ethyl adjacent to an activating group) is 1. The van der Waals surface area contributed by atoms with Crippen LogP contribution in [0.25, 0.3) is 0 Å². The third-order valence-corrected chi connectivity index (χ3v) is 4.99. The van der Waals surface area contributed by atoms with E-state index in [0.29, 0.717) is 24.5 Å². The molecule has 1 N–H and O–H groups in total. The predicted octanol–water partition coefficient (Wildman–Crippen LogP) is 4.62. The third-order valence-electron chi connectivity index (χ3n) is 4.74. The van der Waals surface area contributed by atoms with Gasteiger partial charge in [-0.25, -0.2) is 4.79 Å². The van der Waals surface area contributed by atoms with Crippen LogP contribution in [0.15, 0.2) is 48.5 Å². The number of rotatable bonds is 4. The minimum Gasteiger partial charge on any atom is -0.340 e. The standard InChI is InChI=1S/C20H19ClF3N3O2/c1-26(12-13-2-6-15(21)7-3-13)18(28)17-10-11-27(17)19(29)25-16-8-4-14(5-9-16)20(22,23)24/h2-9,17H,10-12H2,1H3,(H,25,29)/t17-/m1/s1. The van der Waals surface area contributed by atoms with Gasteiger partial charge in [-0.15, -0.1) is 0 Å². The van der Waals surface area contributed by atoms with Crippen LogP contribution in [-0.4, -0.2) is 41.4 Å². The summed E-state index contributed by atoms with van der Waals surface area (Å²) in [5.74, 6) is -0.200. The number of alkyl halides is 3. The number of benzene rings is 2. The molecule has 0 saturated carbocycles. The number of hydrogen-bond acceptors (Lipinski definition) is 2. The van der Waals surface area contributed by atoms with Crippen LogP contribution < -0.4 is 5.32 Å². The molecule has 154 valence electrons. The van der Waals surface area contributed by atoms with E-state index in [1.165, 1.54) is 21.9 Å². The van der Waals surface area contributed by atoms with Crippen molar-refractivity contribution in [3.05, 3.63) is 64.7 Å². The van der Waals surface area contributed by atoms with Crippen molar-refractivity contribution in [2.75, 3.05) is 18.9 Å². The number of nitrogens with zero attached hydrogens (tertiary/aromatic N) is 2. The van der Waals surface area contributed by atoms with E-state index in [9.17, 15) is 22.8 Å². The van der Waals surface area contributed by atoms with Gasteiger partial charge in [0.15, 0.2) is 0 Å². The lowest BCUT2D eigenvalue weighted by atomic mass is 10.0. The first-order chi connectivity index (χ1) is 13.6. The molecule has 2 aromatic carbocycles. The fraction of sp³-hybridized carbons (Fsp3) is 0.300. The van der Waals surface area contributed by atoms with Gasteiger partial charge in [-0.05, 0) is 48.4 Å². The van der Waals surface area contributed by atoms with Gasteiger partial charge >= 0.3 is 12.2 Å². The first-order valence-corrected chi connectivity index (χ1v) is 9.27. The van der Waals surface area contributed by atoms with E-state index in [2.05, 4.69) is 5.32 Å². The van der Waals surface area contributed by atoms with Crippen LogP contribution in [0.2, 0.25) is 5.02 Å². The van der Waals surface area contributed by atoms with Gasteiger partial charge in [0.2, 0.25) is 5.91 Å². The average Bonchev–Trinajstić information content (AvgIpc) is 2.62. The van der Waals surface area contributed by atoms with Crippen molar-refractivity contribution in [3.8, 4) is 0 Å². The zero-order chi connectivity index (χ0) is 21.2. The van der Waals surface area contributed by atoms with E-state index in [0.717, 1.165) is 17.7 Å². The second-order valence-electron chi connectivity index (χ2n) is 6.82. The van der Waals surface area contributed by atoms with Crippen molar-refractivity contribution in [1.82, 2.24) is 9.80 Å². The van der Waals surface area contributed by atoms with Gasteiger partial charge < -0.3 is 15.1 Å². The molecule has 0 aromatic heterocycles. The van der Waals surface area contributed by atoms with Crippen LogP contribution in [-0.2, 0) is 17.5 Å². The number of carbonyl (C=O) groups excluding carboxylic acids is 2. The summed E-state index contributed by atoms with van der Waals surface area (Å²) in [4.78, 5) is 28.0. The molecule has 0 bridgehead atoms. The minimum atomic E-state index is -4.44. The quantitative estimate of drug-likeness (QED) is 0.776. The number of anilines is 1. The van der Waals surface area contributed by atoms with Crippen LogP contribution >= 0.6 is 11.6 Å². The summed E-state index contributed by atoms with van der Waals surface area (Å²) in [6, 6.07) is 10.2. The fourth-order valence-corrected chi connectivity index (χ4v) is 3.15. The Morgan fingerprint density at radius 3 is 2.28 bits per heavy atom. The van der Waals surface area contributed by atoms with Crippen LogP contribution in [0, 0.1) is 0 Å². The van der Waals surface area contributed by atoms with Crippen LogP contribution in [0.1, 0.15) is 17.5 Å². The fourth-order valence-electron chi connectivity index (χ4n) is 3.02. The molecule has 1 aliphatic rings. The highest BCUT2D eigenvalue weighted by molar-refractivity contribution is 6.30. The number of carbonyl (C=O) groups is 2. The van der Waals surface area contributed by atoms with Crippen molar-refractivity contribution in [1.29, 1.82) is 0 Å². The van der Waals surface area contributed by atoms with Gasteiger partial charge in [0.25, 0.3) is 0 Å². The van der Waals surface area contributed by atoms with Crippen molar-refractivity contribution in [3.63, 3.8) is 0 Å². The highest BCUT2D eigenvalue weighted by Crippen LogP contribution is 2.30. The third kappa shape index (κ3) is 5.00. The summed E-state index contributed by atoms with van der Waals surface area (Å²) in [7, 11) is 1.65. The lowest BCUT2D eigenvalue weighted by Gasteiger charge is -2.41. The Labute approximate surface area is 171 Å². The Kier molecular flexibility index (Phi) is 6.02. The zero-order valence-electron chi connectivity index (χ0n) is 15.5. The molecule has 29 heavy (non-hydrogen) atoms. The highest BCUT2D eigenvalue weighted by atomic mass is 35.5. The maximum Gasteiger partial charge on any atom is 0.416 e. The smallest absolute Gasteiger partial charge is 0.340 e. The molecule has 0 unspecified atom stereocenters. The van der Waals surface area contributed by atoms with E-state index in [1.54, 1.807) is 19.2 Å². The molecule has 5 nitrogen and oxygen atoms in total. The first kappa shape index (κ1) is 21.0. The molecule has 1 aliphatic heterocycles. The zero-order valence-corrected chi connectivity index (χ0v) is 16.3. The molecule has 9 heteroatoms. The molecule has 3 rings (SSSR count). The van der Waals surface area contributed by atoms with Gasteiger partial charge in [0.1, 0.15) is 6.04 Å². The molecule has 0 spiro atoms. The molecule has 1 heterocycles. The summed E-state index contributed by atoms with van der Waals surface area (Å²) in [5.41, 5.74) is 0.345. The van der Waals surface area contributed by atoms with Gasteiger partial charge in [-0.3, -0.25) is 4.79 Å². The predicted molar refractivity (Wildman–Crippen MR) is 103 cm³/mol. The number of likely N-dealkylation sites (tertiary alicyclic amines) is 1. The number of urea groups is 1. The van der Waals surface area contributed by atoms with Crippen LogP contribution in [0.5, 0.6) is 0 Å². The van der Waals surface area contributed by atoms with E-state index < -0.39 is 23.8 Å². The van der Waals surface area contributed by atoms with Gasteiger partial charge in [0, 0.05) is 30.8 Å². The molecule has 3 amide bonds. The molecular weight excluding hydrogens is 407 g/mol. The first-order valence-electron chi connectivity index (χ1n) is 8.89. The lowest BCUT2D eigenvalue weighted by Crippen LogP contribution is -2.59. The van der Waals surface area contributed by atoms with E-state index in [1.807, 2.05) is 12.1 Å². The number of halogens is 4. The summed E-state index contributed by atoms with van der Waals surface area (Å²) in [5, 5.41) is 3.14. The van der Waals surface area contributed by atoms with Crippen molar-refractivity contribution < 1.29 is 22.8 Å². The second-order valence-corrected chi connectivity index (χ2v) is 7.26. The van der Waals surface area contributed by atoms with E-state index in [4.69, 9.17) is 11.6 Å². The second kappa shape index (κ2) is 8.32. The van der Waals surface area contributed by atoms with Crippen LogP contribution in [0.3, 0.4) is 0 Å². The summed E-state index contributed by atoms with van der Waals surface area (Å²) < 4.78 is 37.9. The Morgan fingerprint density at radius 1 is 1.14 bits per heavy atom. The summed E-state index contributed by atoms with van der Waals surface area (Å²) >= 11 is 5.86. The van der Waals surface area contributed by atoms with Crippen molar-refractivity contribution in [2.45, 2.75) is 25.2 Å². The summed E-state index contributed by atoms with van der Waals surface area (Å²) in [6.07, 6.45) is -3.91. The molecule has 0 aliphatic carbocycles. The van der Waals surface area contributed by atoms with E-state index >= 15 is 0 Å². The Hall–Kier alpha value is -2.74. The van der Waals surface area contributed by atoms with Gasteiger partial charge in [-0.1, -0.05) is 23.7 Å². The number of hydrogen-bond donors (Lipinski definition) is 1. The largest absolute Gasteiger partial charge is 0.416 e. The minimum absolute atomic E-state index is 0.200. The number of amides is 3. The van der Waals surface area contributed by atoms with Crippen molar-refractivity contribution in [2.24, 2.45) is 0 Å². The molecule has 1 atom stereocenters. The normalized spacial score (nSPS) is 16.2. The Morgan fingerprint density at radius 2 is 1.76 bits per heavy atom. The SMILES string of the molecule is CN(Cc1ccc(Cl)cc1)C(=O)[C@H]1CCN1C(=O)Nc1ccc(C(F)(F)F)cc1. The maximum atomic E-state index is 12.7. The van der Waals surface area contributed by atoms with Gasteiger partial charge in [0.05, 0.1) is 5.56 Å². The van der Waals surface area contributed by atoms with E-state index in [-0.39, 0.29) is 11.6 Å². The monoisotopic (exact) mass is 425 g/mol. The van der Waals surface area contributed by atoms with Crippen molar-refractivity contribution >= 4 is 29.2 Å².